The second-order valence-electron chi connectivity index (χ2n) is 6.62. The van der Waals surface area contributed by atoms with Gasteiger partial charge in [0.05, 0.1) is 14.9 Å². The average Bonchev–Trinajstić information content (AvgIpc) is 2.87. The molecule has 1 aromatic carbocycles. The topological polar surface area (TPSA) is 46.2 Å². The molecule has 1 aromatic heterocycles. The highest BCUT2D eigenvalue weighted by atomic mass is 35.5. The fraction of sp³-hybridized carbons (Fsp3) is 0.333. The third-order valence-corrected chi connectivity index (χ3v) is 4.83. The number of hydrogen-bond donors (Lipinski definition) is 1. The van der Waals surface area contributed by atoms with Gasteiger partial charge in [0.2, 0.25) is 11.7 Å². The van der Waals surface area contributed by atoms with Crippen molar-refractivity contribution in [3.8, 4) is 0 Å². The first-order valence-electron chi connectivity index (χ1n) is 7.32. The molecule has 5 heteroatoms. The largest absolute Gasteiger partial charge is 0.325 e. The number of nitrogens with one attached hydrogen (secondary N) is 1. The van der Waals surface area contributed by atoms with E-state index in [2.05, 4.69) is 5.32 Å². The molecule has 0 saturated heterocycles. The van der Waals surface area contributed by atoms with Gasteiger partial charge in [0.25, 0.3) is 0 Å². The molecule has 0 unspecified atom stereocenters. The first-order chi connectivity index (χ1) is 10.6. The molecule has 0 spiro atoms. The van der Waals surface area contributed by atoms with Crippen LogP contribution in [0.15, 0.2) is 24.3 Å². The summed E-state index contributed by atoms with van der Waals surface area (Å²) in [5.74, 6) is -0.256. The highest BCUT2D eigenvalue weighted by Crippen LogP contribution is 2.29. The van der Waals surface area contributed by atoms with Crippen LogP contribution in [0.3, 0.4) is 0 Å². The molecule has 0 aliphatic heterocycles. The first-order valence-corrected chi connectivity index (χ1v) is 8.52. The van der Waals surface area contributed by atoms with Gasteiger partial charge in [-0.25, -0.2) is 0 Å². The molecule has 1 N–H and O–H groups in total. The molecule has 3 nitrogen and oxygen atoms in total. The Kier molecular flexibility index (Phi) is 4.97. The Bertz CT molecular complexity index is 772. The number of rotatable bonds is 3. The molecular formula is C18H20ClNO2S. The lowest BCUT2D eigenvalue weighted by Gasteiger charge is -2.20. The van der Waals surface area contributed by atoms with Gasteiger partial charge in [0, 0.05) is 11.0 Å². The molecule has 1 heterocycles. The minimum absolute atomic E-state index is 0.126. The number of aryl methyl sites for hydroxylation is 2. The van der Waals surface area contributed by atoms with Crippen LogP contribution in [0.5, 0.6) is 0 Å². The highest BCUT2D eigenvalue weighted by molar-refractivity contribution is 7.18. The second-order valence-corrected chi connectivity index (χ2v) is 8.33. The predicted octanol–water partition coefficient (Wildman–Crippen LogP) is 5.23. The second kappa shape index (κ2) is 6.46. The van der Waals surface area contributed by atoms with Crippen LogP contribution in [-0.4, -0.2) is 11.7 Å². The smallest absolute Gasteiger partial charge is 0.229 e. The minimum Gasteiger partial charge on any atom is -0.325 e. The number of ketones is 1. The van der Waals surface area contributed by atoms with Gasteiger partial charge in [-0.3, -0.25) is 9.59 Å². The molecule has 0 aliphatic carbocycles. The minimum atomic E-state index is -0.536. The summed E-state index contributed by atoms with van der Waals surface area (Å²) in [5.41, 5.74) is 2.53. The van der Waals surface area contributed by atoms with E-state index in [9.17, 15) is 9.59 Å². The first kappa shape index (κ1) is 17.7. The zero-order valence-corrected chi connectivity index (χ0v) is 15.5. The number of carbonyl (C=O) groups excluding carboxylic acids is 2. The Hall–Kier alpha value is -1.65. The lowest BCUT2D eigenvalue weighted by Crippen LogP contribution is -2.28. The van der Waals surface area contributed by atoms with E-state index < -0.39 is 5.41 Å². The molecule has 122 valence electrons. The number of thiophene rings is 1. The Morgan fingerprint density at radius 1 is 1.09 bits per heavy atom. The fourth-order valence-electron chi connectivity index (χ4n) is 1.99. The standard InChI is InChI=1S/C18H20ClNO2S/c1-10-8-12(16(21)14-6-7-15(19)23-14)13(9-11(10)2)20-17(22)18(3,4)5/h6-9H,1-5H3,(H,20,22). The van der Waals surface area contributed by atoms with E-state index in [0.29, 0.717) is 20.5 Å². The number of benzene rings is 1. The summed E-state index contributed by atoms with van der Waals surface area (Å²) in [7, 11) is 0. The number of halogens is 1. The van der Waals surface area contributed by atoms with Crippen LogP contribution in [0.4, 0.5) is 5.69 Å². The Labute approximate surface area is 145 Å². The molecule has 2 aromatic rings. The van der Waals surface area contributed by atoms with E-state index in [0.717, 1.165) is 11.1 Å². The Balaban J connectivity index is 2.47. The van der Waals surface area contributed by atoms with Gasteiger partial charge in [-0.15, -0.1) is 11.3 Å². The zero-order valence-electron chi connectivity index (χ0n) is 13.9. The maximum Gasteiger partial charge on any atom is 0.229 e. The van der Waals surface area contributed by atoms with E-state index in [1.807, 2.05) is 46.8 Å². The fourth-order valence-corrected chi connectivity index (χ4v) is 2.98. The number of anilines is 1. The molecule has 0 fully saturated rings. The van der Waals surface area contributed by atoms with Crippen LogP contribution in [0.25, 0.3) is 0 Å². The van der Waals surface area contributed by atoms with Crippen molar-refractivity contribution in [3.05, 3.63) is 50.2 Å². The zero-order chi connectivity index (χ0) is 17.4. The summed E-state index contributed by atoms with van der Waals surface area (Å²) in [6.45, 7) is 9.42. The van der Waals surface area contributed by atoms with E-state index in [-0.39, 0.29) is 11.7 Å². The van der Waals surface area contributed by atoms with Crippen LogP contribution in [0.2, 0.25) is 4.34 Å². The monoisotopic (exact) mass is 349 g/mol. The van der Waals surface area contributed by atoms with Gasteiger partial charge in [-0.05, 0) is 49.2 Å². The lowest BCUT2D eigenvalue weighted by molar-refractivity contribution is -0.123. The third kappa shape index (κ3) is 4.01. The van der Waals surface area contributed by atoms with Gasteiger partial charge in [-0.1, -0.05) is 32.4 Å². The number of hydrogen-bond acceptors (Lipinski definition) is 3. The third-order valence-electron chi connectivity index (χ3n) is 3.60. The molecular weight excluding hydrogens is 330 g/mol. The molecule has 1 amide bonds. The summed E-state index contributed by atoms with van der Waals surface area (Å²) in [4.78, 5) is 25.6. The van der Waals surface area contributed by atoms with E-state index >= 15 is 0 Å². The lowest BCUT2D eigenvalue weighted by atomic mass is 9.94. The number of carbonyl (C=O) groups is 2. The van der Waals surface area contributed by atoms with E-state index in [1.165, 1.54) is 11.3 Å². The van der Waals surface area contributed by atoms with Crippen LogP contribution >= 0.6 is 22.9 Å². The molecule has 0 atom stereocenters. The van der Waals surface area contributed by atoms with Gasteiger partial charge >= 0.3 is 0 Å². The predicted molar refractivity (Wildman–Crippen MR) is 96.8 cm³/mol. The van der Waals surface area contributed by atoms with Crippen molar-refractivity contribution < 1.29 is 9.59 Å². The normalized spacial score (nSPS) is 11.4. The van der Waals surface area contributed by atoms with Crippen molar-refractivity contribution in [2.24, 2.45) is 5.41 Å². The molecule has 2 rings (SSSR count). The summed E-state index contributed by atoms with van der Waals surface area (Å²) >= 11 is 7.17. The van der Waals surface area contributed by atoms with E-state index in [1.54, 1.807) is 12.1 Å². The number of amides is 1. The van der Waals surface area contributed by atoms with Crippen LogP contribution in [0, 0.1) is 19.3 Å². The van der Waals surface area contributed by atoms with Crippen molar-refractivity contribution in [1.82, 2.24) is 0 Å². The molecule has 23 heavy (non-hydrogen) atoms. The molecule has 0 radical (unpaired) electrons. The molecule has 0 aliphatic rings. The summed E-state index contributed by atoms with van der Waals surface area (Å²) < 4.78 is 0.567. The van der Waals surface area contributed by atoms with Crippen molar-refractivity contribution >= 4 is 40.3 Å². The maximum atomic E-state index is 12.8. The molecule has 0 bridgehead atoms. The van der Waals surface area contributed by atoms with Crippen molar-refractivity contribution in [3.63, 3.8) is 0 Å². The van der Waals surface area contributed by atoms with Crippen molar-refractivity contribution in [2.75, 3.05) is 5.32 Å². The summed E-state index contributed by atoms with van der Waals surface area (Å²) in [6.07, 6.45) is 0. The summed E-state index contributed by atoms with van der Waals surface area (Å²) in [6, 6.07) is 7.08. The van der Waals surface area contributed by atoms with Crippen LogP contribution in [0.1, 0.15) is 47.1 Å². The maximum absolute atomic E-state index is 12.8. The van der Waals surface area contributed by atoms with Crippen LogP contribution in [-0.2, 0) is 4.79 Å². The van der Waals surface area contributed by atoms with Gasteiger partial charge < -0.3 is 5.32 Å². The van der Waals surface area contributed by atoms with Crippen molar-refractivity contribution in [1.29, 1.82) is 0 Å². The highest BCUT2D eigenvalue weighted by Gasteiger charge is 2.24. The Morgan fingerprint density at radius 3 is 2.22 bits per heavy atom. The molecule has 0 saturated carbocycles. The van der Waals surface area contributed by atoms with Crippen LogP contribution < -0.4 is 5.32 Å². The average molecular weight is 350 g/mol. The summed E-state index contributed by atoms with van der Waals surface area (Å²) in [5, 5.41) is 2.89. The Morgan fingerprint density at radius 2 is 1.70 bits per heavy atom. The van der Waals surface area contributed by atoms with Gasteiger partial charge in [0.1, 0.15) is 0 Å². The van der Waals surface area contributed by atoms with Gasteiger partial charge in [0.15, 0.2) is 0 Å². The van der Waals surface area contributed by atoms with E-state index in [4.69, 9.17) is 11.6 Å². The quantitative estimate of drug-likeness (QED) is 0.771. The van der Waals surface area contributed by atoms with Crippen molar-refractivity contribution in [2.45, 2.75) is 34.6 Å². The SMILES string of the molecule is Cc1cc(NC(=O)C(C)(C)C)c(C(=O)c2ccc(Cl)s2)cc1C. The van der Waals surface area contributed by atoms with Gasteiger partial charge in [-0.2, -0.15) is 0 Å².